The van der Waals surface area contributed by atoms with E-state index in [9.17, 15) is 5.11 Å². The van der Waals surface area contributed by atoms with Gasteiger partial charge in [0, 0.05) is 12.2 Å². The third-order valence-electron chi connectivity index (χ3n) is 2.72. The summed E-state index contributed by atoms with van der Waals surface area (Å²) in [5.41, 5.74) is 0.434. The standard InChI is InChI=1S/C12H20N2O/c1-4-10(2)14-12(3,9-15)11-7-5-6-8-13-11/h5-8,10,14-15H,4,9H2,1-3H3. The number of aliphatic hydroxyl groups excluding tert-OH is 1. The zero-order valence-corrected chi connectivity index (χ0v) is 9.70. The molecule has 0 spiro atoms. The Morgan fingerprint density at radius 1 is 1.53 bits per heavy atom. The van der Waals surface area contributed by atoms with Gasteiger partial charge in [-0.25, -0.2) is 0 Å². The number of pyridine rings is 1. The summed E-state index contributed by atoms with van der Waals surface area (Å²) < 4.78 is 0. The molecule has 0 aliphatic rings. The van der Waals surface area contributed by atoms with Crippen LogP contribution in [0.25, 0.3) is 0 Å². The highest BCUT2D eigenvalue weighted by Crippen LogP contribution is 2.18. The minimum atomic E-state index is -0.448. The second-order valence-corrected chi connectivity index (χ2v) is 4.16. The Morgan fingerprint density at radius 3 is 2.73 bits per heavy atom. The lowest BCUT2D eigenvalue weighted by Gasteiger charge is -2.31. The highest BCUT2D eigenvalue weighted by molar-refractivity contribution is 5.15. The average molecular weight is 208 g/mol. The lowest BCUT2D eigenvalue weighted by atomic mass is 9.96. The molecule has 3 nitrogen and oxygen atoms in total. The van der Waals surface area contributed by atoms with Crippen LogP contribution in [0.3, 0.4) is 0 Å². The topological polar surface area (TPSA) is 45.1 Å². The lowest BCUT2D eigenvalue weighted by molar-refractivity contribution is 0.159. The highest BCUT2D eigenvalue weighted by atomic mass is 16.3. The van der Waals surface area contributed by atoms with Gasteiger partial charge in [-0.2, -0.15) is 0 Å². The van der Waals surface area contributed by atoms with Gasteiger partial charge in [0.1, 0.15) is 0 Å². The van der Waals surface area contributed by atoms with E-state index < -0.39 is 5.54 Å². The zero-order valence-electron chi connectivity index (χ0n) is 9.70. The minimum Gasteiger partial charge on any atom is -0.394 e. The van der Waals surface area contributed by atoms with Crippen LogP contribution < -0.4 is 5.32 Å². The van der Waals surface area contributed by atoms with E-state index in [2.05, 4.69) is 24.1 Å². The molecule has 0 aliphatic heterocycles. The molecule has 0 aromatic carbocycles. The van der Waals surface area contributed by atoms with E-state index in [4.69, 9.17) is 0 Å². The lowest BCUT2D eigenvalue weighted by Crippen LogP contribution is -2.47. The summed E-state index contributed by atoms with van der Waals surface area (Å²) in [5.74, 6) is 0. The van der Waals surface area contributed by atoms with E-state index in [1.807, 2.05) is 25.1 Å². The molecule has 2 atom stereocenters. The van der Waals surface area contributed by atoms with Crippen LogP contribution in [0, 0.1) is 0 Å². The fraction of sp³-hybridized carbons (Fsp3) is 0.583. The first-order valence-corrected chi connectivity index (χ1v) is 5.42. The second kappa shape index (κ2) is 5.24. The number of aromatic nitrogens is 1. The first-order chi connectivity index (χ1) is 7.12. The summed E-state index contributed by atoms with van der Waals surface area (Å²) in [6.45, 7) is 6.25. The third kappa shape index (κ3) is 3.01. The molecule has 1 aromatic rings. The van der Waals surface area contributed by atoms with E-state index >= 15 is 0 Å². The maximum Gasteiger partial charge on any atom is 0.0815 e. The molecular formula is C12H20N2O. The molecule has 1 heterocycles. The molecule has 15 heavy (non-hydrogen) atoms. The normalized spacial score (nSPS) is 17.1. The van der Waals surface area contributed by atoms with Crippen molar-refractivity contribution < 1.29 is 5.11 Å². The molecule has 1 rings (SSSR count). The summed E-state index contributed by atoms with van der Waals surface area (Å²) in [7, 11) is 0. The highest BCUT2D eigenvalue weighted by Gasteiger charge is 2.27. The Hall–Kier alpha value is -0.930. The minimum absolute atomic E-state index is 0.0500. The fourth-order valence-corrected chi connectivity index (χ4v) is 1.54. The summed E-state index contributed by atoms with van der Waals surface area (Å²) in [4.78, 5) is 4.29. The second-order valence-electron chi connectivity index (χ2n) is 4.16. The largest absolute Gasteiger partial charge is 0.394 e. The predicted molar refractivity (Wildman–Crippen MR) is 61.6 cm³/mol. The average Bonchev–Trinajstić information content (AvgIpc) is 2.30. The molecule has 0 aliphatic carbocycles. The van der Waals surface area contributed by atoms with Crippen LogP contribution in [0.1, 0.15) is 32.9 Å². The number of hydrogen-bond acceptors (Lipinski definition) is 3. The zero-order chi connectivity index (χ0) is 11.3. The molecule has 0 saturated heterocycles. The molecule has 0 saturated carbocycles. The van der Waals surface area contributed by atoms with Gasteiger partial charge in [-0.1, -0.05) is 13.0 Å². The molecule has 0 bridgehead atoms. The van der Waals surface area contributed by atoms with Gasteiger partial charge in [0.2, 0.25) is 0 Å². The van der Waals surface area contributed by atoms with Gasteiger partial charge in [0.05, 0.1) is 17.8 Å². The maximum absolute atomic E-state index is 9.48. The van der Waals surface area contributed by atoms with Crippen LogP contribution >= 0.6 is 0 Å². The van der Waals surface area contributed by atoms with Crippen molar-refractivity contribution in [2.75, 3.05) is 6.61 Å². The van der Waals surface area contributed by atoms with Gasteiger partial charge in [-0.3, -0.25) is 4.98 Å². The Balaban J connectivity index is 2.85. The molecule has 0 fully saturated rings. The van der Waals surface area contributed by atoms with E-state index in [1.54, 1.807) is 6.20 Å². The number of hydrogen-bond donors (Lipinski definition) is 2. The quantitative estimate of drug-likeness (QED) is 0.774. The number of rotatable bonds is 5. The van der Waals surface area contributed by atoms with Crippen molar-refractivity contribution in [3.8, 4) is 0 Å². The Labute approximate surface area is 91.5 Å². The predicted octanol–water partition coefficient (Wildman–Crippen LogP) is 1.68. The number of nitrogens with zero attached hydrogens (tertiary/aromatic N) is 1. The molecule has 2 N–H and O–H groups in total. The molecule has 3 heteroatoms. The monoisotopic (exact) mass is 208 g/mol. The molecule has 84 valence electrons. The van der Waals surface area contributed by atoms with Crippen molar-refractivity contribution in [1.82, 2.24) is 10.3 Å². The fourth-order valence-electron chi connectivity index (χ4n) is 1.54. The Kier molecular flexibility index (Phi) is 4.24. The Morgan fingerprint density at radius 2 is 2.27 bits per heavy atom. The van der Waals surface area contributed by atoms with Crippen molar-refractivity contribution >= 4 is 0 Å². The number of aliphatic hydroxyl groups is 1. The van der Waals surface area contributed by atoms with Crippen LogP contribution in [-0.2, 0) is 5.54 Å². The van der Waals surface area contributed by atoms with Crippen molar-refractivity contribution in [3.63, 3.8) is 0 Å². The molecule has 1 aromatic heterocycles. The summed E-state index contributed by atoms with van der Waals surface area (Å²) >= 11 is 0. The molecule has 0 radical (unpaired) electrons. The van der Waals surface area contributed by atoms with Crippen LogP contribution in [-0.4, -0.2) is 22.7 Å². The number of nitrogens with one attached hydrogen (secondary N) is 1. The van der Waals surface area contributed by atoms with E-state index in [1.165, 1.54) is 0 Å². The van der Waals surface area contributed by atoms with Gasteiger partial charge in [-0.05, 0) is 32.4 Å². The van der Waals surface area contributed by atoms with E-state index in [-0.39, 0.29) is 6.61 Å². The van der Waals surface area contributed by atoms with Gasteiger partial charge in [-0.15, -0.1) is 0 Å². The molecular weight excluding hydrogens is 188 g/mol. The first-order valence-electron chi connectivity index (χ1n) is 5.42. The first kappa shape index (κ1) is 12.1. The van der Waals surface area contributed by atoms with Crippen LogP contribution in [0.2, 0.25) is 0 Å². The van der Waals surface area contributed by atoms with Crippen molar-refractivity contribution in [1.29, 1.82) is 0 Å². The van der Waals surface area contributed by atoms with E-state index in [0.29, 0.717) is 6.04 Å². The van der Waals surface area contributed by atoms with Crippen molar-refractivity contribution in [3.05, 3.63) is 30.1 Å². The van der Waals surface area contributed by atoms with Gasteiger partial charge in [0.15, 0.2) is 0 Å². The molecule has 2 unspecified atom stereocenters. The van der Waals surface area contributed by atoms with Gasteiger partial charge in [0.25, 0.3) is 0 Å². The Bertz CT molecular complexity index is 289. The van der Waals surface area contributed by atoms with Gasteiger partial charge >= 0.3 is 0 Å². The SMILES string of the molecule is CCC(C)NC(C)(CO)c1ccccn1. The van der Waals surface area contributed by atoms with Crippen molar-refractivity contribution in [2.45, 2.75) is 38.8 Å². The van der Waals surface area contributed by atoms with Gasteiger partial charge < -0.3 is 10.4 Å². The third-order valence-corrected chi connectivity index (χ3v) is 2.72. The van der Waals surface area contributed by atoms with Crippen LogP contribution in [0.4, 0.5) is 0 Å². The molecule has 0 amide bonds. The van der Waals surface area contributed by atoms with Crippen LogP contribution in [0.5, 0.6) is 0 Å². The summed E-state index contributed by atoms with van der Waals surface area (Å²) in [5, 5.41) is 12.9. The maximum atomic E-state index is 9.48. The summed E-state index contributed by atoms with van der Waals surface area (Å²) in [6.07, 6.45) is 2.78. The van der Waals surface area contributed by atoms with Crippen molar-refractivity contribution in [2.24, 2.45) is 0 Å². The smallest absolute Gasteiger partial charge is 0.0815 e. The van der Waals surface area contributed by atoms with Crippen LogP contribution in [0.15, 0.2) is 24.4 Å². The summed E-state index contributed by atoms with van der Waals surface area (Å²) in [6, 6.07) is 6.12. The van der Waals surface area contributed by atoms with E-state index in [0.717, 1.165) is 12.1 Å².